The highest BCUT2D eigenvalue weighted by molar-refractivity contribution is 6.02. The van der Waals surface area contributed by atoms with Crippen LogP contribution in [0.3, 0.4) is 0 Å². The second-order valence-electron chi connectivity index (χ2n) is 6.97. The normalized spacial score (nSPS) is 21.0. The molecule has 0 saturated carbocycles. The van der Waals surface area contributed by atoms with Gasteiger partial charge in [-0.2, -0.15) is 0 Å². The zero-order valence-electron chi connectivity index (χ0n) is 15.0. The number of amides is 2. The number of ether oxygens (including phenoxy) is 1. The third kappa shape index (κ3) is 4.05. The molecule has 2 aliphatic rings. The molecular weight excluding hydrogens is 344 g/mol. The van der Waals surface area contributed by atoms with Crippen molar-refractivity contribution in [2.24, 2.45) is 0 Å². The fourth-order valence-corrected chi connectivity index (χ4v) is 3.65. The van der Waals surface area contributed by atoms with Crippen LogP contribution < -0.4 is 10.6 Å². The van der Waals surface area contributed by atoms with Gasteiger partial charge in [0.05, 0.1) is 18.3 Å². The third-order valence-electron chi connectivity index (χ3n) is 5.13. The highest BCUT2D eigenvalue weighted by Crippen LogP contribution is 2.32. The van der Waals surface area contributed by atoms with Gasteiger partial charge in [-0.3, -0.25) is 14.9 Å². The van der Waals surface area contributed by atoms with E-state index in [9.17, 15) is 9.59 Å². The first-order valence-electron chi connectivity index (χ1n) is 9.37. The number of carbonyl (C=O) groups excluding carboxylic acids is 2. The fourth-order valence-electron chi connectivity index (χ4n) is 3.65. The minimum Gasteiger partial charge on any atom is -0.464 e. The summed E-state index contributed by atoms with van der Waals surface area (Å²) in [5.41, 5.74) is 2.37. The van der Waals surface area contributed by atoms with Gasteiger partial charge in [-0.25, -0.2) is 0 Å². The maximum absolute atomic E-state index is 12.1. The van der Waals surface area contributed by atoms with Gasteiger partial charge in [0.25, 0.3) is 0 Å². The van der Waals surface area contributed by atoms with E-state index in [1.165, 1.54) is 0 Å². The number of benzene rings is 1. The maximum Gasteiger partial charge on any atom is 0.234 e. The Labute approximate surface area is 157 Å². The summed E-state index contributed by atoms with van der Waals surface area (Å²) in [5.74, 6) is 5.35. The Kier molecular flexibility index (Phi) is 5.23. The summed E-state index contributed by atoms with van der Waals surface area (Å²) in [6.45, 7) is 2.42. The van der Waals surface area contributed by atoms with Gasteiger partial charge in [-0.1, -0.05) is 11.8 Å². The number of hydrogen-bond donors (Lipinski definition) is 2. The van der Waals surface area contributed by atoms with Gasteiger partial charge in [0.15, 0.2) is 0 Å². The molecule has 1 unspecified atom stereocenters. The van der Waals surface area contributed by atoms with Gasteiger partial charge < -0.3 is 14.5 Å². The molecule has 27 heavy (non-hydrogen) atoms. The minimum absolute atomic E-state index is 0.215. The lowest BCUT2D eigenvalue weighted by atomic mass is 9.90. The molecule has 2 saturated heterocycles. The summed E-state index contributed by atoms with van der Waals surface area (Å²) in [7, 11) is 0. The summed E-state index contributed by atoms with van der Waals surface area (Å²) in [6.07, 6.45) is 4.83. The zero-order chi connectivity index (χ0) is 18.6. The zero-order valence-corrected chi connectivity index (χ0v) is 15.0. The number of carbonyl (C=O) groups is 2. The van der Waals surface area contributed by atoms with Crippen LogP contribution in [0.25, 0.3) is 11.0 Å². The lowest BCUT2D eigenvalue weighted by Crippen LogP contribution is -2.39. The predicted molar refractivity (Wildman–Crippen MR) is 100 cm³/mol. The summed E-state index contributed by atoms with van der Waals surface area (Å²) in [5, 5.41) is 6.60. The van der Waals surface area contributed by atoms with E-state index < -0.39 is 0 Å². The number of hydrogen-bond acceptors (Lipinski definition) is 5. The first-order chi connectivity index (χ1) is 13.2. The van der Waals surface area contributed by atoms with E-state index in [-0.39, 0.29) is 17.7 Å². The molecule has 6 heteroatoms. The lowest BCUT2D eigenvalue weighted by Gasteiger charge is -2.21. The predicted octanol–water partition coefficient (Wildman–Crippen LogP) is 2.07. The van der Waals surface area contributed by atoms with Crippen LogP contribution in [-0.4, -0.2) is 37.6 Å². The molecule has 0 spiro atoms. The van der Waals surface area contributed by atoms with Crippen molar-refractivity contribution in [1.82, 2.24) is 10.6 Å². The Morgan fingerprint density at radius 1 is 1.19 bits per heavy atom. The van der Waals surface area contributed by atoms with Crippen molar-refractivity contribution in [2.45, 2.75) is 37.7 Å². The van der Waals surface area contributed by atoms with Gasteiger partial charge in [-0.05, 0) is 50.6 Å². The van der Waals surface area contributed by atoms with Crippen molar-refractivity contribution >= 4 is 22.8 Å². The van der Waals surface area contributed by atoms with E-state index in [1.54, 1.807) is 6.26 Å². The van der Waals surface area contributed by atoms with E-state index in [0.717, 1.165) is 42.4 Å². The first-order valence-corrected chi connectivity index (χ1v) is 9.37. The molecular formula is C21H22N2O4. The molecule has 2 amide bonds. The topological polar surface area (TPSA) is 80.6 Å². The number of rotatable bonds is 3. The minimum atomic E-state index is -0.348. The number of furan rings is 1. The van der Waals surface area contributed by atoms with Crippen LogP contribution in [0.2, 0.25) is 0 Å². The highest BCUT2D eigenvalue weighted by Gasteiger charge is 2.30. The van der Waals surface area contributed by atoms with Crippen molar-refractivity contribution in [2.75, 3.05) is 19.7 Å². The van der Waals surface area contributed by atoms with Gasteiger partial charge in [0.1, 0.15) is 12.2 Å². The molecule has 2 aromatic rings. The van der Waals surface area contributed by atoms with Crippen molar-refractivity contribution in [1.29, 1.82) is 0 Å². The molecule has 3 heterocycles. The molecule has 140 valence electrons. The molecule has 4 rings (SSSR count). The summed E-state index contributed by atoms with van der Waals surface area (Å²) >= 11 is 0. The van der Waals surface area contributed by atoms with Gasteiger partial charge in [-0.15, -0.1) is 0 Å². The van der Waals surface area contributed by atoms with Crippen LogP contribution in [0, 0.1) is 11.8 Å². The highest BCUT2D eigenvalue weighted by atomic mass is 16.5. The van der Waals surface area contributed by atoms with E-state index in [0.29, 0.717) is 31.1 Å². The molecule has 6 nitrogen and oxygen atoms in total. The summed E-state index contributed by atoms with van der Waals surface area (Å²) in [6, 6.07) is 5.72. The quantitative estimate of drug-likeness (QED) is 0.642. The molecule has 0 bridgehead atoms. The second-order valence-corrected chi connectivity index (χ2v) is 6.97. The van der Waals surface area contributed by atoms with Crippen LogP contribution in [0.5, 0.6) is 0 Å². The smallest absolute Gasteiger partial charge is 0.234 e. The number of fused-ring (bicyclic) bond motifs is 1. The number of imide groups is 1. The van der Waals surface area contributed by atoms with Crippen LogP contribution in [-0.2, 0) is 14.3 Å². The fraction of sp³-hybridized carbons (Fsp3) is 0.429. The molecule has 1 aromatic carbocycles. The Morgan fingerprint density at radius 3 is 2.85 bits per heavy atom. The van der Waals surface area contributed by atoms with Crippen molar-refractivity contribution in [3.8, 4) is 11.8 Å². The van der Waals surface area contributed by atoms with Gasteiger partial charge in [0, 0.05) is 22.9 Å². The molecule has 2 N–H and O–H groups in total. The number of nitrogens with one attached hydrogen (secondary N) is 2. The van der Waals surface area contributed by atoms with E-state index in [4.69, 9.17) is 9.15 Å². The third-order valence-corrected chi connectivity index (χ3v) is 5.13. The molecule has 1 aromatic heterocycles. The largest absolute Gasteiger partial charge is 0.464 e. The molecule has 2 aliphatic heterocycles. The van der Waals surface area contributed by atoms with E-state index >= 15 is 0 Å². The van der Waals surface area contributed by atoms with Crippen LogP contribution in [0.1, 0.15) is 42.7 Å². The Bertz CT molecular complexity index is 915. The van der Waals surface area contributed by atoms with Gasteiger partial charge >= 0.3 is 0 Å². The molecule has 0 aliphatic carbocycles. The van der Waals surface area contributed by atoms with Crippen molar-refractivity contribution in [3.05, 3.63) is 35.6 Å². The van der Waals surface area contributed by atoms with Crippen molar-refractivity contribution < 1.29 is 18.7 Å². The Balaban J connectivity index is 1.44. The van der Waals surface area contributed by atoms with Crippen LogP contribution >= 0.6 is 0 Å². The Hall–Kier alpha value is -2.62. The van der Waals surface area contributed by atoms with E-state index in [1.807, 2.05) is 18.2 Å². The van der Waals surface area contributed by atoms with Crippen molar-refractivity contribution in [3.63, 3.8) is 0 Å². The van der Waals surface area contributed by atoms with Crippen LogP contribution in [0.15, 0.2) is 28.9 Å². The average molecular weight is 366 g/mol. The summed E-state index contributed by atoms with van der Waals surface area (Å²) in [4.78, 5) is 23.4. The van der Waals surface area contributed by atoms with E-state index in [2.05, 4.69) is 22.5 Å². The standard InChI is InChI=1S/C21H22N2O4/c24-20-6-5-17(21(25)23-20)18-13-27-19-12-14(3-4-16(18)19)2-1-11-26-15-7-9-22-10-8-15/h3-4,12-13,15,17,22H,5-11H2,(H,23,24,25). The number of piperidine rings is 2. The lowest BCUT2D eigenvalue weighted by molar-refractivity contribution is -0.134. The SMILES string of the molecule is O=C1CCC(c2coc3cc(C#CCOC4CCNCC4)ccc23)C(=O)N1. The first kappa shape index (κ1) is 17.8. The molecule has 0 radical (unpaired) electrons. The van der Waals surface area contributed by atoms with Gasteiger partial charge in [0.2, 0.25) is 11.8 Å². The molecule has 1 atom stereocenters. The Morgan fingerprint density at radius 2 is 2.04 bits per heavy atom. The maximum atomic E-state index is 12.1. The second kappa shape index (κ2) is 7.95. The monoisotopic (exact) mass is 366 g/mol. The van der Waals surface area contributed by atoms with Crippen LogP contribution in [0.4, 0.5) is 0 Å². The summed E-state index contributed by atoms with van der Waals surface area (Å²) < 4.78 is 11.4. The average Bonchev–Trinajstić information content (AvgIpc) is 3.09. The molecule has 2 fully saturated rings.